The fourth-order valence-electron chi connectivity index (χ4n) is 4.82. The van der Waals surface area contributed by atoms with Gasteiger partial charge in [0.05, 0.1) is 23.8 Å². The molecule has 8 heteroatoms. The lowest BCUT2D eigenvalue weighted by atomic mass is 9.71. The molecule has 0 spiro atoms. The van der Waals surface area contributed by atoms with Crippen molar-refractivity contribution in [2.75, 3.05) is 0 Å². The Morgan fingerprint density at radius 1 is 1.06 bits per heavy atom. The van der Waals surface area contributed by atoms with Crippen molar-refractivity contribution in [3.05, 3.63) is 105 Å². The first-order valence-corrected chi connectivity index (χ1v) is 12.7. The van der Waals surface area contributed by atoms with E-state index in [0.29, 0.717) is 10.2 Å². The van der Waals surface area contributed by atoms with Crippen molar-refractivity contribution in [2.45, 2.75) is 49.4 Å². The van der Waals surface area contributed by atoms with E-state index in [1.165, 1.54) is 23.9 Å². The molecule has 5 rings (SSSR count). The van der Waals surface area contributed by atoms with Crippen LogP contribution in [0.1, 0.15) is 47.8 Å². The molecule has 180 valence electrons. The molecule has 0 saturated heterocycles. The standard InChI is InChI=1S/C27H23ClF3N3S/c1-16-12-17(5-10-21(16)28)27(2)11-3-4-24-25(27)34(19-8-6-18(29)7-9-19)26(33-24)35-15-20-22(30)13-32-14-23(20)31/h5-10,12-14H,3-4,11,15H2,1-2H3. The van der Waals surface area contributed by atoms with Gasteiger partial charge in [0.1, 0.15) is 17.5 Å². The molecule has 0 N–H and O–H groups in total. The van der Waals surface area contributed by atoms with Gasteiger partial charge in [-0.3, -0.25) is 9.55 Å². The van der Waals surface area contributed by atoms with Gasteiger partial charge in [-0.25, -0.2) is 18.2 Å². The maximum Gasteiger partial charge on any atom is 0.173 e. The molecule has 2 heterocycles. The summed E-state index contributed by atoms with van der Waals surface area (Å²) in [7, 11) is 0. The summed E-state index contributed by atoms with van der Waals surface area (Å²) in [5.74, 6) is -1.67. The van der Waals surface area contributed by atoms with Crippen LogP contribution < -0.4 is 0 Å². The van der Waals surface area contributed by atoms with Gasteiger partial charge in [-0.15, -0.1) is 0 Å². The van der Waals surface area contributed by atoms with E-state index in [0.717, 1.165) is 59.9 Å². The summed E-state index contributed by atoms with van der Waals surface area (Å²) in [6, 6.07) is 12.3. The van der Waals surface area contributed by atoms with Gasteiger partial charge >= 0.3 is 0 Å². The molecule has 1 atom stereocenters. The lowest BCUT2D eigenvalue weighted by Gasteiger charge is -2.36. The van der Waals surface area contributed by atoms with E-state index in [-0.39, 0.29) is 22.5 Å². The van der Waals surface area contributed by atoms with Crippen LogP contribution in [0, 0.1) is 24.4 Å². The van der Waals surface area contributed by atoms with Crippen molar-refractivity contribution in [3.63, 3.8) is 0 Å². The topological polar surface area (TPSA) is 30.7 Å². The molecule has 0 radical (unpaired) electrons. The van der Waals surface area contributed by atoms with E-state index < -0.39 is 11.6 Å². The van der Waals surface area contributed by atoms with E-state index in [1.54, 1.807) is 12.1 Å². The fourth-order valence-corrected chi connectivity index (χ4v) is 5.99. The number of aromatic nitrogens is 3. The highest BCUT2D eigenvalue weighted by Gasteiger charge is 2.39. The number of rotatable bonds is 5. The first-order valence-electron chi connectivity index (χ1n) is 11.3. The second-order valence-electron chi connectivity index (χ2n) is 9.02. The number of thioether (sulfide) groups is 1. The Balaban J connectivity index is 1.67. The molecule has 0 amide bonds. The third-order valence-corrected chi connectivity index (χ3v) is 8.10. The molecule has 3 nitrogen and oxygen atoms in total. The fraction of sp³-hybridized carbons (Fsp3) is 0.259. The van der Waals surface area contributed by atoms with Crippen LogP contribution in [0.4, 0.5) is 13.2 Å². The normalized spacial score (nSPS) is 17.4. The van der Waals surface area contributed by atoms with Gasteiger partial charge in [0.15, 0.2) is 5.16 Å². The van der Waals surface area contributed by atoms with Crippen molar-refractivity contribution >= 4 is 23.4 Å². The van der Waals surface area contributed by atoms with Crippen LogP contribution in [0.2, 0.25) is 5.02 Å². The summed E-state index contributed by atoms with van der Waals surface area (Å²) in [6.45, 7) is 4.17. The molecule has 1 unspecified atom stereocenters. The minimum atomic E-state index is -0.691. The number of imidazole rings is 1. The zero-order chi connectivity index (χ0) is 24.7. The zero-order valence-electron chi connectivity index (χ0n) is 19.3. The predicted octanol–water partition coefficient (Wildman–Crippen LogP) is 7.58. The van der Waals surface area contributed by atoms with Crippen molar-refractivity contribution < 1.29 is 13.2 Å². The lowest BCUT2D eigenvalue weighted by Crippen LogP contribution is -2.31. The average molecular weight is 514 g/mol. The van der Waals surface area contributed by atoms with Crippen LogP contribution in [0.25, 0.3) is 5.69 Å². The summed E-state index contributed by atoms with van der Waals surface area (Å²) in [4.78, 5) is 8.50. The third-order valence-electron chi connectivity index (χ3n) is 6.71. The molecular weight excluding hydrogens is 491 g/mol. The zero-order valence-corrected chi connectivity index (χ0v) is 20.9. The number of nitrogens with zero attached hydrogens (tertiary/aromatic N) is 3. The predicted molar refractivity (Wildman–Crippen MR) is 133 cm³/mol. The smallest absolute Gasteiger partial charge is 0.173 e. The summed E-state index contributed by atoms with van der Waals surface area (Å²) < 4.78 is 44.3. The van der Waals surface area contributed by atoms with Gasteiger partial charge < -0.3 is 0 Å². The number of fused-ring (bicyclic) bond motifs is 1. The number of benzene rings is 2. The summed E-state index contributed by atoms with van der Waals surface area (Å²) in [5, 5.41) is 1.31. The number of halogens is 4. The highest BCUT2D eigenvalue weighted by molar-refractivity contribution is 7.98. The summed E-state index contributed by atoms with van der Waals surface area (Å²) >= 11 is 7.57. The molecular formula is C27H23ClF3N3S. The number of hydrogen-bond donors (Lipinski definition) is 0. The second-order valence-corrected chi connectivity index (χ2v) is 10.4. The SMILES string of the molecule is Cc1cc(C2(C)CCCc3nc(SCc4c(F)cncc4F)n(-c4ccc(F)cc4)c32)ccc1Cl. The Labute approximate surface area is 211 Å². The first-order chi connectivity index (χ1) is 16.8. The minimum absolute atomic E-state index is 0.0484. The molecule has 1 aliphatic rings. The Morgan fingerprint density at radius 3 is 2.46 bits per heavy atom. The van der Waals surface area contributed by atoms with Crippen molar-refractivity contribution in [2.24, 2.45) is 0 Å². The van der Waals surface area contributed by atoms with E-state index in [4.69, 9.17) is 16.6 Å². The molecule has 1 aliphatic carbocycles. The molecule has 2 aromatic heterocycles. The van der Waals surface area contributed by atoms with Crippen LogP contribution in [0.3, 0.4) is 0 Å². The highest BCUT2D eigenvalue weighted by Crippen LogP contribution is 2.46. The molecule has 0 aliphatic heterocycles. The Bertz CT molecular complexity index is 1380. The first kappa shape index (κ1) is 23.9. The van der Waals surface area contributed by atoms with Crippen LogP contribution in [0.15, 0.2) is 60.0 Å². The van der Waals surface area contributed by atoms with Crippen molar-refractivity contribution in [3.8, 4) is 5.69 Å². The molecule has 0 saturated carbocycles. The molecule has 35 heavy (non-hydrogen) atoms. The minimum Gasteiger partial charge on any atom is -0.291 e. The van der Waals surface area contributed by atoms with E-state index in [9.17, 15) is 13.2 Å². The number of pyridine rings is 1. The van der Waals surface area contributed by atoms with Gasteiger partial charge in [-0.05, 0) is 74.6 Å². The van der Waals surface area contributed by atoms with Gasteiger partial charge in [0.25, 0.3) is 0 Å². The Kier molecular flexibility index (Phi) is 6.40. The van der Waals surface area contributed by atoms with Crippen molar-refractivity contribution in [1.82, 2.24) is 14.5 Å². The monoisotopic (exact) mass is 513 g/mol. The molecule has 0 fully saturated rings. The van der Waals surface area contributed by atoms with E-state index in [2.05, 4.69) is 18.0 Å². The Hall–Kier alpha value is -2.77. The second kappa shape index (κ2) is 9.36. The van der Waals surface area contributed by atoms with Crippen molar-refractivity contribution in [1.29, 1.82) is 0 Å². The number of aryl methyl sites for hydroxylation is 2. The summed E-state index contributed by atoms with van der Waals surface area (Å²) in [5.41, 5.74) is 4.37. The highest BCUT2D eigenvalue weighted by atomic mass is 35.5. The average Bonchev–Trinajstić information content (AvgIpc) is 3.21. The third kappa shape index (κ3) is 4.36. The van der Waals surface area contributed by atoms with Crippen LogP contribution in [-0.2, 0) is 17.6 Å². The summed E-state index contributed by atoms with van der Waals surface area (Å²) in [6.07, 6.45) is 4.65. The van der Waals surface area contributed by atoms with Gasteiger partial charge in [-0.2, -0.15) is 0 Å². The van der Waals surface area contributed by atoms with E-state index >= 15 is 0 Å². The van der Waals surface area contributed by atoms with Crippen LogP contribution in [0.5, 0.6) is 0 Å². The maximum absolute atomic E-state index is 14.3. The maximum atomic E-state index is 14.3. The van der Waals surface area contributed by atoms with Gasteiger partial charge in [0, 0.05) is 27.4 Å². The Morgan fingerprint density at radius 2 is 1.77 bits per heavy atom. The number of hydrogen-bond acceptors (Lipinski definition) is 3. The molecule has 4 aromatic rings. The van der Waals surface area contributed by atoms with Gasteiger partial charge in [-0.1, -0.05) is 35.5 Å². The lowest BCUT2D eigenvalue weighted by molar-refractivity contribution is 0.442. The van der Waals surface area contributed by atoms with E-state index in [1.807, 2.05) is 23.6 Å². The quantitative estimate of drug-likeness (QED) is 0.258. The van der Waals surface area contributed by atoms with Gasteiger partial charge in [0.2, 0.25) is 0 Å². The molecule has 0 bridgehead atoms. The van der Waals surface area contributed by atoms with Crippen LogP contribution >= 0.6 is 23.4 Å². The molecule has 2 aromatic carbocycles. The van der Waals surface area contributed by atoms with Crippen LogP contribution in [-0.4, -0.2) is 14.5 Å². The largest absolute Gasteiger partial charge is 0.291 e.